The van der Waals surface area contributed by atoms with Crippen molar-refractivity contribution in [1.82, 2.24) is 0 Å². The Morgan fingerprint density at radius 2 is 0.778 bits per heavy atom. The van der Waals surface area contributed by atoms with Crippen molar-refractivity contribution in [2.75, 3.05) is 0 Å². The van der Waals surface area contributed by atoms with Crippen LogP contribution >= 0.6 is 95.6 Å². The molecule has 1 aliphatic rings. The first-order valence-corrected chi connectivity index (χ1v) is 11.8. The van der Waals surface area contributed by atoms with E-state index in [4.69, 9.17) is 0 Å². The van der Waals surface area contributed by atoms with Crippen LogP contribution in [0.1, 0.15) is 38.5 Å². The van der Waals surface area contributed by atoms with Crippen molar-refractivity contribution in [3.8, 4) is 0 Å². The highest BCUT2D eigenvalue weighted by Crippen LogP contribution is 2.37. The van der Waals surface area contributed by atoms with Crippen LogP contribution in [0.2, 0.25) is 0 Å². The Morgan fingerprint density at radius 1 is 0.444 bits per heavy atom. The van der Waals surface area contributed by atoms with Crippen LogP contribution in [0.15, 0.2) is 0 Å². The predicted octanol–water partition coefficient (Wildman–Crippen LogP) is 6.92. The topological polar surface area (TPSA) is 0 Å². The number of hydrogen-bond acceptors (Lipinski definition) is 0. The molecule has 0 aromatic carbocycles. The van der Waals surface area contributed by atoms with Gasteiger partial charge >= 0.3 is 0 Å². The Bertz CT molecular complexity index is 213. The van der Waals surface area contributed by atoms with Gasteiger partial charge < -0.3 is 0 Å². The number of rotatable bonds is 0. The summed E-state index contributed by atoms with van der Waals surface area (Å²) in [4.78, 5) is 2.70. The first-order chi connectivity index (χ1) is 8.45. The van der Waals surface area contributed by atoms with Crippen molar-refractivity contribution in [3.63, 3.8) is 0 Å². The molecule has 6 unspecified atom stereocenters. The molecular weight excluding hydrogens is 624 g/mol. The molecule has 1 aliphatic carbocycles. The summed E-state index contributed by atoms with van der Waals surface area (Å²) in [6.07, 6.45) is 7.80. The van der Waals surface area contributed by atoms with Crippen LogP contribution < -0.4 is 0 Å². The van der Waals surface area contributed by atoms with Crippen molar-refractivity contribution < 1.29 is 0 Å². The van der Waals surface area contributed by atoms with Gasteiger partial charge in [-0.2, -0.15) is 0 Å². The molecule has 108 valence electrons. The molecular formula is C12H18Br6. The normalized spacial score (nSPS) is 45.0. The molecule has 0 N–H and O–H groups in total. The van der Waals surface area contributed by atoms with E-state index in [9.17, 15) is 0 Å². The molecule has 1 rings (SSSR count). The maximum Gasteiger partial charge on any atom is 0.0418 e. The van der Waals surface area contributed by atoms with E-state index in [1.54, 1.807) is 0 Å². The Kier molecular flexibility index (Phi) is 10.3. The molecule has 6 atom stereocenters. The highest BCUT2D eigenvalue weighted by molar-refractivity contribution is 9.15. The van der Waals surface area contributed by atoms with Crippen LogP contribution in [0.3, 0.4) is 0 Å². The van der Waals surface area contributed by atoms with E-state index in [0.717, 1.165) is 0 Å². The minimum Gasteiger partial charge on any atom is -0.0878 e. The minimum absolute atomic E-state index is 0.394. The highest BCUT2D eigenvalue weighted by Gasteiger charge is 2.35. The van der Waals surface area contributed by atoms with Crippen LogP contribution in [0.25, 0.3) is 0 Å². The third-order valence-electron chi connectivity index (χ3n) is 3.31. The average Bonchev–Trinajstić information content (AvgIpc) is 2.37. The smallest absolute Gasteiger partial charge is 0.0418 e. The summed E-state index contributed by atoms with van der Waals surface area (Å²) >= 11 is 23.0. The molecule has 1 fully saturated rings. The summed E-state index contributed by atoms with van der Waals surface area (Å²) in [6, 6.07) is 0. The molecule has 0 aliphatic heterocycles. The van der Waals surface area contributed by atoms with Gasteiger partial charge in [-0.15, -0.1) is 0 Å². The van der Waals surface area contributed by atoms with Gasteiger partial charge in [-0.05, 0) is 12.8 Å². The van der Waals surface area contributed by atoms with Crippen molar-refractivity contribution in [2.24, 2.45) is 0 Å². The van der Waals surface area contributed by atoms with Crippen LogP contribution in [0.5, 0.6) is 0 Å². The van der Waals surface area contributed by atoms with E-state index < -0.39 is 0 Å². The van der Waals surface area contributed by atoms with Gasteiger partial charge in [0.05, 0.1) is 0 Å². The van der Waals surface area contributed by atoms with E-state index in [1.165, 1.54) is 38.5 Å². The van der Waals surface area contributed by atoms with Gasteiger partial charge in [0.2, 0.25) is 0 Å². The van der Waals surface area contributed by atoms with Crippen LogP contribution in [-0.4, -0.2) is 29.0 Å². The molecule has 0 saturated heterocycles. The molecule has 18 heavy (non-hydrogen) atoms. The molecule has 0 spiro atoms. The molecule has 0 aromatic heterocycles. The van der Waals surface area contributed by atoms with E-state index in [2.05, 4.69) is 95.6 Å². The Hall–Kier alpha value is 2.88. The maximum atomic E-state index is 3.84. The molecule has 0 heterocycles. The average molecular weight is 642 g/mol. The van der Waals surface area contributed by atoms with Gasteiger partial charge in [0.15, 0.2) is 0 Å². The van der Waals surface area contributed by atoms with Crippen molar-refractivity contribution in [3.05, 3.63) is 0 Å². The van der Waals surface area contributed by atoms with Crippen LogP contribution in [0.4, 0.5) is 0 Å². The predicted molar refractivity (Wildman–Crippen MR) is 104 cm³/mol. The van der Waals surface area contributed by atoms with Gasteiger partial charge in [0.25, 0.3) is 0 Å². The van der Waals surface area contributed by atoms with E-state index >= 15 is 0 Å². The first kappa shape index (κ1) is 18.9. The van der Waals surface area contributed by atoms with Gasteiger partial charge in [-0.3, -0.25) is 0 Å². The fourth-order valence-electron chi connectivity index (χ4n) is 2.10. The molecule has 6 heteroatoms. The standard InChI is InChI=1S/C12H18Br6/c13-7-5-3-1-2-4-6-8(14)10(16)12(18)11(17)9(7)15/h7-12H,1-6H2. The van der Waals surface area contributed by atoms with Gasteiger partial charge in [0.1, 0.15) is 0 Å². The zero-order valence-electron chi connectivity index (χ0n) is 9.97. The highest BCUT2D eigenvalue weighted by atomic mass is 79.9. The minimum atomic E-state index is 0.394. The van der Waals surface area contributed by atoms with Gasteiger partial charge in [-0.1, -0.05) is 121 Å². The fraction of sp³-hybridized carbons (Fsp3) is 1.00. The van der Waals surface area contributed by atoms with Crippen LogP contribution in [0, 0.1) is 0 Å². The fourth-order valence-corrected chi connectivity index (χ4v) is 7.63. The van der Waals surface area contributed by atoms with Crippen molar-refractivity contribution in [2.45, 2.75) is 67.5 Å². The Morgan fingerprint density at radius 3 is 1.11 bits per heavy atom. The maximum absolute atomic E-state index is 3.84. The number of halogens is 6. The van der Waals surface area contributed by atoms with E-state index in [0.29, 0.717) is 29.0 Å². The Balaban J connectivity index is 2.71. The zero-order chi connectivity index (χ0) is 13.7. The van der Waals surface area contributed by atoms with Crippen molar-refractivity contribution in [1.29, 1.82) is 0 Å². The van der Waals surface area contributed by atoms with Crippen LogP contribution in [-0.2, 0) is 0 Å². The SMILES string of the molecule is BrC1CCCCCCC(Br)C(Br)C(Br)C(Br)C1Br. The first-order valence-electron chi connectivity index (χ1n) is 6.29. The molecule has 1 saturated carbocycles. The summed E-state index contributed by atoms with van der Waals surface area (Å²) < 4.78 is 0. The number of hydrogen-bond donors (Lipinski definition) is 0. The monoisotopic (exact) mass is 636 g/mol. The molecule has 0 radical (unpaired) electrons. The largest absolute Gasteiger partial charge is 0.0878 e. The van der Waals surface area contributed by atoms with E-state index in [-0.39, 0.29) is 0 Å². The lowest BCUT2D eigenvalue weighted by Gasteiger charge is -2.31. The lowest BCUT2D eigenvalue weighted by atomic mass is 10.0. The summed E-state index contributed by atoms with van der Waals surface area (Å²) in [7, 11) is 0. The zero-order valence-corrected chi connectivity index (χ0v) is 19.5. The second-order valence-corrected chi connectivity index (χ2v) is 11.4. The Labute approximate surface area is 161 Å². The van der Waals surface area contributed by atoms with E-state index in [1.807, 2.05) is 0 Å². The van der Waals surface area contributed by atoms with Gasteiger partial charge in [-0.25, -0.2) is 0 Å². The van der Waals surface area contributed by atoms with Gasteiger partial charge in [0, 0.05) is 29.0 Å². The lowest BCUT2D eigenvalue weighted by molar-refractivity contribution is 0.549. The summed E-state index contributed by atoms with van der Waals surface area (Å²) in [5, 5.41) is 0. The molecule has 0 aromatic rings. The third-order valence-corrected chi connectivity index (χ3v) is 13.6. The molecule has 0 amide bonds. The summed E-state index contributed by atoms with van der Waals surface area (Å²) in [5.74, 6) is 0. The quantitative estimate of drug-likeness (QED) is 0.252. The summed E-state index contributed by atoms with van der Waals surface area (Å²) in [6.45, 7) is 0. The van der Waals surface area contributed by atoms with Crippen molar-refractivity contribution >= 4 is 95.6 Å². The number of alkyl halides is 6. The second kappa shape index (κ2) is 9.81. The summed E-state index contributed by atoms with van der Waals surface area (Å²) in [5.41, 5.74) is 0. The lowest BCUT2D eigenvalue weighted by Crippen LogP contribution is -2.39. The molecule has 0 nitrogen and oxygen atoms in total. The third kappa shape index (κ3) is 5.94. The molecule has 0 bridgehead atoms. The second-order valence-electron chi connectivity index (χ2n) is 4.80.